The van der Waals surface area contributed by atoms with Gasteiger partial charge in [-0.15, -0.1) is 0 Å². The highest BCUT2D eigenvalue weighted by Gasteiger charge is 2.47. The van der Waals surface area contributed by atoms with Gasteiger partial charge in [0.15, 0.2) is 18.7 Å². The molecule has 0 spiro atoms. The molecule has 2 fully saturated rings. The van der Waals surface area contributed by atoms with Crippen LogP contribution in [0.5, 0.6) is 0 Å². The van der Waals surface area contributed by atoms with Crippen molar-refractivity contribution in [3.05, 3.63) is 36.5 Å². The molecule has 0 aromatic heterocycles. The van der Waals surface area contributed by atoms with E-state index in [9.17, 15) is 45.3 Å². The smallest absolute Gasteiger partial charge is 0.306 e. The van der Waals surface area contributed by atoms with Crippen LogP contribution in [-0.2, 0) is 38.0 Å². The summed E-state index contributed by atoms with van der Waals surface area (Å²) >= 11 is 0. The maximum absolute atomic E-state index is 13.0. The molecule has 432 valence electrons. The van der Waals surface area contributed by atoms with Crippen molar-refractivity contribution in [3.63, 3.8) is 0 Å². The predicted octanol–water partition coefficient (Wildman–Crippen LogP) is 10.1. The second kappa shape index (κ2) is 45.7. The van der Waals surface area contributed by atoms with Crippen molar-refractivity contribution in [2.75, 3.05) is 26.4 Å². The summed E-state index contributed by atoms with van der Waals surface area (Å²) < 4.78 is 33.6. The maximum Gasteiger partial charge on any atom is 0.306 e. The van der Waals surface area contributed by atoms with Gasteiger partial charge >= 0.3 is 11.9 Å². The Labute approximate surface area is 446 Å². The van der Waals surface area contributed by atoms with Crippen LogP contribution in [0.25, 0.3) is 0 Å². The molecule has 15 nitrogen and oxygen atoms in total. The Bertz CT molecular complexity index is 1430. The molecular formula is C59H106O15. The zero-order valence-corrected chi connectivity index (χ0v) is 46.1. The van der Waals surface area contributed by atoms with E-state index < -0.39 is 99.3 Å². The first-order valence-electron chi connectivity index (χ1n) is 29.6. The molecule has 0 saturated carbocycles. The standard InChI is InChI=1S/C59H106O15/c1-3-5-7-9-11-13-15-17-19-20-21-22-23-24-25-26-28-29-31-33-35-37-39-41-50(61)69-44-47(72-51(62)42-40-38-36-34-32-30-27-18-16-14-12-10-8-6-4-2)45-70-58-57(68)55(66)53(64)49(74-58)46-71-59-56(67)54(65)52(63)48(43-60)73-59/h14,16,18,27,33,35,47-49,52-60,63-68H,3-13,15,17,19-26,28-32,34,36-46H2,1-2H3/b16-14+,27-18+,35-33+/t47-,48+,49+,52-,53-,54?,55?,56?,57?,58+,59+/m0/s1. The first-order valence-corrected chi connectivity index (χ1v) is 29.6. The lowest BCUT2D eigenvalue weighted by Crippen LogP contribution is -2.61. The third-order valence-electron chi connectivity index (χ3n) is 14.1. The van der Waals surface area contributed by atoms with Gasteiger partial charge < -0.3 is 64.2 Å². The number of carbonyl (C=O) groups is 2. The summed E-state index contributed by atoms with van der Waals surface area (Å²) in [6, 6.07) is 0. The van der Waals surface area contributed by atoms with Gasteiger partial charge in [-0.3, -0.25) is 9.59 Å². The van der Waals surface area contributed by atoms with Crippen LogP contribution >= 0.6 is 0 Å². The number of esters is 2. The van der Waals surface area contributed by atoms with Gasteiger partial charge in [-0.2, -0.15) is 0 Å². The summed E-state index contributed by atoms with van der Waals surface area (Å²) in [6.07, 6.45) is 34.7. The number of aliphatic hydroxyl groups excluding tert-OH is 7. The van der Waals surface area contributed by atoms with Gasteiger partial charge in [0.25, 0.3) is 0 Å². The number of rotatable bonds is 47. The van der Waals surface area contributed by atoms with E-state index in [0.29, 0.717) is 12.8 Å². The molecule has 2 rings (SSSR count). The lowest BCUT2D eigenvalue weighted by atomic mass is 9.98. The highest BCUT2D eigenvalue weighted by molar-refractivity contribution is 5.70. The molecule has 0 amide bonds. The first kappa shape index (κ1) is 67.8. The number of hydrogen-bond acceptors (Lipinski definition) is 15. The monoisotopic (exact) mass is 1050 g/mol. The molecule has 2 saturated heterocycles. The van der Waals surface area contributed by atoms with Crippen molar-refractivity contribution in [1.82, 2.24) is 0 Å². The highest BCUT2D eigenvalue weighted by atomic mass is 16.7. The van der Waals surface area contributed by atoms with E-state index in [1.165, 1.54) is 135 Å². The van der Waals surface area contributed by atoms with Crippen LogP contribution in [0.3, 0.4) is 0 Å². The Balaban J connectivity index is 1.74. The quantitative estimate of drug-likeness (QED) is 0.0130. The predicted molar refractivity (Wildman–Crippen MR) is 289 cm³/mol. The van der Waals surface area contributed by atoms with E-state index >= 15 is 0 Å². The molecule has 74 heavy (non-hydrogen) atoms. The fourth-order valence-electron chi connectivity index (χ4n) is 9.27. The van der Waals surface area contributed by atoms with Crippen LogP contribution in [0.4, 0.5) is 0 Å². The summed E-state index contributed by atoms with van der Waals surface area (Å²) in [5.74, 6) is -0.973. The third kappa shape index (κ3) is 32.5. The van der Waals surface area contributed by atoms with Gasteiger partial charge in [0.2, 0.25) is 0 Å². The average Bonchev–Trinajstić information content (AvgIpc) is 3.39. The van der Waals surface area contributed by atoms with Gasteiger partial charge in [0.1, 0.15) is 55.4 Å². The molecule has 2 aliphatic heterocycles. The Morgan fingerprint density at radius 2 is 0.824 bits per heavy atom. The summed E-state index contributed by atoms with van der Waals surface area (Å²) in [4.78, 5) is 25.9. The second-order valence-electron chi connectivity index (χ2n) is 20.8. The van der Waals surface area contributed by atoms with Crippen molar-refractivity contribution in [2.45, 2.75) is 300 Å². The summed E-state index contributed by atoms with van der Waals surface area (Å²) in [5, 5.41) is 72.2. The summed E-state index contributed by atoms with van der Waals surface area (Å²) in [6.45, 7) is 2.56. The second-order valence-corrected chi connectivity index (χ2v) is 20.8. The molecule has 0 bridgehead atoms. The molecule has 2 aliphatic rings. The number of hydrogen-bond donors (Lipinski definition) is 7. The van der Waals surface area contributed by atoms with Crippen LogP contribution in [0.2, 0.25) is 0 Å². The largest absolute Gasteiger partial charge is 0.462 e. The molecular weight excluding hydrogens is 949 g/mol. The normalized spacial score (nSPS) is 24.9. The lowest BCUT2D eigenvalue weighted by molar-refractivity contribution is -0.332. The van der Waals surface area contributed by atoms with Crippen LogP contribution in [0, 0.1) is 0 Å². The topological polar surface area (TPSA) is 231 Å². The summed E-state index contributed by atoms with van der Waals surface area (Å²) in [7, 11) is 0. The van der Waals surface area contributed by atoms with E-state index in [1.54, 1.807) is 0 Å². The Kier molecular flexibility index (Phi) is 41.9. The fourth-order valence-corrected chi connectivity index (χ4v) is 9.27. The van der Waals surface area contributed by atoms with Gasteiger partial charge in [0, 0.05) is 12.8 Å². The van der Waals surface area contributed by atoms with Crippen molar-refractivity contribution in [2.24, 2.45) is 0 Å². The van der Waals surface area contributed by atoms with E-state index in [1.807, 2.05) is 0 Å². The SMILES string of the molecule is CCCCCC/C=C/C=C/CCCCCCCC(=O)O[C@@H](COC(=O)CCC/C=C/CCCCCCCCCCCCCCCCCCCC)CO[C@@H]1O[C@H](CO[C@@H]2O[C@H](CO)[C@H](O)C(O)C2O)[C@H](O)C(O)C1O. The van der Waals surface area contributed by atoms with Crippen molar-refractivity contribution in [3.8, 4) is 0 Å². The molecule has 4 unspecified atom stereocenters. The Hall–Kier alpha value is -2.28. The number of ether oxygens (including phenoxy) is 6. The average molecular weight is 1060 g/mol. The lowest BCUT2D eigenvalue weighted by Gasteiger charge is -2.42. The molecule has 0 radical (unpaired) electrons. The van der Waals surface area contributed by atoms with Crippen molar-refractivity contribution in [1.29, 1.82) is 0 Å². The molecule has 0 aromatic rings. The fraction of sp³-hybridized carbons (Fsp3) is 0.864. The maximum atomic E-state index is 13.0. The van der Waals surface area contributed by atoms with Gasteiger partial charge in [-0.25, -0.2) is 0 Å². The molecule has 0 aromatic carbocycles. The zero-order valence-electron chi connectivity index (χ0n) is 46.1. The van der Waals surface area contributed by atoms with E-state index in [-0.39, 0.29) is 19.4 Å². The molecule has 15 heteroatoms. The number of carbonyl (C=O) groups excluding carboxylic acids is 2. The molecule has 11 atom stereocenters. The minimum Gasteiger partial charge on any atom is -0.462 e. The van der Waals surface area contributed by atoms with Gasteiger partial charge in [-0.1, -0.05) is 198 Å². The molecule has 2 heterocycles. The first-order chi connectivity index (χ1) is 36.0. The van der Waals surface area contributed by atoms with E-state index in [4.69, 9.17) is 28.4 Å². The highest BCUT2D eigenvalue weighted by Crippen LogP contribution is 2.27. The zero-order chi connectivity index (χ0) is 53.9. The van der Waals surface area contributed by atoms with Crippen LogP contribution in [0.15, 0.2) is 36.5 Å². The van der Waals surface area contributed by atoms with Gasteiger partial charge in [-0.05, 0) is 57.8 Å². The number of aliphatic hydroxyl groups is 7. The Morgan fingerprint density at radius 3 is 1.32 bits per heavy atom. The van der Waals surface area contributed by atoms with Crippen LogP contribution in [0.1, 0.15) is 232 Å². The minimum absolute atomic E-state index is 0.143. The van der Waals surface area contributed by atoms with E-state index in [0.717, 1.165) is 57.8 Å². The number of allylic oxidation sites excluding steroid dienone is 6. The van der Waals surface area contributed by atoms with Gasteiger partial charge in [0.05, 0.1) is 19.8 Å². The third-order valence-corrected chi connectivity index (χ3v) is 14.1. The Morgan fingerprint density at radius 1 is 0.432 bits per heavy atom. The van der Waals surface area contributed by atoms with Crippen molar-refractivity contribution >= 4 is 11.9 Å². The summed E-state index contributed by atoms with van der Waals surface area (Å²) in [5.41, 5.74) is 0. The minimum atomic E-state index is -1.77. The van der Waals surface area contributed by atoms with Crippen LogP contribution < -0.4 is 0 Å². The van der Waals surface area contributed by atoms with Crippen molar-refractivity contribution < 1.29 is 73.8 Å². The molecule has 7 N–H and O–H groups in total. The van der Waals surface area contributed by atoms with Crippen LogP contribution in [-0.4, -0.2) is 142 Å². The van der Waals surface area contributed by atoms with E-state index in [2.05, 4.69) is 50.3 Å². The number of unbranched alkanes of at least 4 members (excludes halogenated alkanes) is 28. The molecule has 0 aliphatic carbocycles.